The monoisotopic (exact) mass is 320 g/mol. The minimum atomic E-state index is 1.11. The van der Waals surface area contributed by atoms with Gasteiger partial charge < -0.3 is 0 Å². The van der Waals surface area contributed by atoms with Gasteiger partial charge in [0, 0.05) is 21.3 Å². The predicted octanol–water partition coefficient (Wildman–Crippen LogP) is 5.33. The lowest BCUT2D eigenvalue weighted by atomic mass is 10.2. The normalized spacial score (nSPS) is 13.8. The zero-order chi connectivity index (χ0) is 13.5. The van der Waals surface area contributed by atoms with Gasteiger partial charge in [-0.15, -0.1) is 0 Å². The lowest BCUT2D eigenvalue weighted by molar-refractivity contribution is 1.23. The number of para-hydroxylation sites is 1. The van der Waals surface area contributed by atoms with E-state index >= 15 is 0 Å². The number of benzene rings is 2. The molecule has 1 heterocycles. The van der Waals surface area contributed by atoms with Gasteiger partial charge in [0.05, 0.1) is 23.2 Å². The van der Waals surface area contributed by atoms with Crippen LogP contribution < -0.4 is 0 Å². The van der Waals surface area contributed by atoms with Gasteiger partial charge in [-0.25, -0.2) is 0 Å². The molecule has 20 heavy (non-hydrogen) atoms. The quantitative estimate of drug-likeness (QED) is 0.534. The molecular weight excluding hydrogens is 310 g/mol. The Kier molecular flexibility index (Phi) is 2.59. The summed E-state index contributed by atoms with van der Waals surface area (Å²) in [7, 11) is 0. The van der Waals surface area contributed by atoms with Gasteiger partial charge in [0.2, 0.25) is 0 Å². The summed E-state index contributed by atoms with van der Waals surface area (Å²) in [4.78, 5) is 0. The third-order valence-electron chi connectivity index (χ3n) is 3.59. The van der Waals surface area contributed by atoms with E-state index in [2.05, 4.69) is 81.2 Å². The van der Waals surface area contributed by atoms with Crippen molar-refractivity contribution in [2.75, 3.05) is 0 Å². The summed E-state index contributed by atoms with van der Waals surface area (Å²) >= 11 is 3.57. The Bertz CT molecular complexity index is 910. The molecule has 2 heteroatoms. The van der Waals surface area contributed by atoms with Crippen molar-refractivity contribution >= 4 is 43.4 Å². The van der Waals surface area contributed by atoms with Gasteiger partial charge in [0.25, 0.3) is 0 Å². The molecule has 0 atom stereocenters. The molecular formula is C18H11BrN+. The summed E-state index contributed by atoms with van der Waals surface area (Å²) in [5.41, 5.74) is 3.62. The van der Waals surface area contributed by atoms with Crippen LogP contribution in [0.5, 0.6) is 0 Å². The zero-order valence-corrected chi connectivity index (χ0v) is 12.3. The van der Waals surface area contributed by atoms with Crippen LogP contribution in [0.4, 0.5) is 0 Å². The first-order valence-corrected chi connectivity index (χ1v) is 7.29. The van der Waals surface area contributed by atoms with Crippen molar-refractivity contribution in [3.05, 3.63) is 77.3 Å². The molecule has 0 radical (unpaired) electrons. The largest absolute Gasteiger partial charge is 0.287 e. The Labute approximate surface area is 125 Å². The smallest absolute Gasteiger partial charge is 0.160 e. The van der Waals surface area contributed by atoms with Crippen LogP contribution in [0.2, 0.25) is 0 Å². The summed E-state index contributed by atoms with van der Waals surface area (Å²) < 4.78 is 3.40. The van der Waals surface area contributed by atoms with Crippen molar-refractivity contribution < 1.29 is 0 Å². The average molecular weight is 321 g/mol. The number of nitrogens with zero attached hydrogens (tertiary/aromatic N) is 1. The molecule has 94 valence electrons. The molecule has 0 spiro atoms. The lowest BCUT2D eigenvalue weighted by Gasteiger charge is -2.04. The molecule has 0 N–H and O–H groups in total. The first-order chi connectivity index (χ1) is 9.84. The number of hydrogen-bond acceptors (Lipinski definition) is 0. The highest BCUT2D eigenvalue weighted by Gasteiger charge is 2.15. The molecule has 1 aliphatic carbocycles. The summed E-state index contributed by atoms with van der Waals surface area (Å²) in [5, 5.41) is 2.54. The summed E-state index contributed by atoms with van der Waals surface area (Å²) in [5.74, 6) is 0. The van der Waals surface area contributed by atoms with E-state index in [-0.39, 0.29) is 0 Å². The van der Waals surface area contributed by atoms with Crippen molar-refractivity contribution in [2.45, 2.75) is 0 Å². The molecule has 0 amide bonds. The van der Waals surface area contributed by atoms with E-state index in [0.717, 1.165) is 10.2 Å². The van der Waals surface area contributed by atoms with Crippen LogP contribution in [-0.2, 0) is 0 Å². The summed E-state index contributed by atoms with van der Waals surface area (Å²) in [6.07, 6.45) is 11.2. The molecule has 0 saturated carbocycles. The van der Waals surface area contributed by atoms with Gasteiger partial charge in [0.1, 0.15) is 12.2 Å². The van der Waals surface area contributed by atoms with Crippen LogP contribution in [0, 0.1) is 6.08 Å². The Morgan fingerprint density at radius 2 is 1.80 bits per heavy atom. The van der Waals surface area contributed by atoms with E-state index in [1.54, 1.807) is 0 Å². The SMILES string of the molecule is Brc1ccc2c(c1)c1ccccc1n2C1=CC=[C+]C=C1. The third-order valence-corrected chi connectivity index (χ3v) is 4.09. The Balaban J connectivity index is 2.19. The molecule has 1 aromatic heterocycles. The molecule has 0 bridgehead atoms. The molecule has 2 aromatic carbocycles. The number of hydrogen-bond donors (Lipinski definition) is 0. The fraction of sp³-hybridized carbons (Fsp3) is 0. The minimum absolute atomic E-state index is 1.11. The van der Waals surface area contributed by atoms with Crippen LogP contribution in [0.1, 0.15) is 0 Å². The van der Waals surface area contributed by atoms with Crippen LogP contribution in [-0.4, -0.2) is 4.57 Å². The second-order valence-electron chi connectivity index (χ2n) is 4.77. The van der Waals surface area contributed by atoms with E-state index in [4.69, 9.17) is 0 Å². The number of fused-ring (bicyclic) bond motifs is 3. The van der Waals surface area contributed by atoms with E-state index in [1.807, 2.05) is 12.2 Å². The van der Waals surface area contributed by atoms with Gasteiger partial charge in [-0.3, -0.25) is 4.57 Å². The zero-order valence-electron chi connectivity index (χ0n) is 10.7. The first kappa shape index (κ1) is 11.7. The summed E-state index contributed by atoms with van der Waals surface area (Å²) in [6, 6.07) is 15.0. The number of aromatic nitrogens is 1. The molecule has 0 saturated heterocycles. The maximum absolute atomic E-state index is 3.57. The van der Waals surface area contributed by atoms with Gasteiger partial charge >= 0.3 is 0 Å². The van der Waals surface area contributed by atoms with Crippen molar-refractivity contribution in [1.29, 1.82) is 0 Å². The van der Waals surface area contributed by atoms with Gasteiger partial charge in [0.15, 0.2) is 5.70 Å². The number of allylic oxidation sites excluding steroid dienone is 6. The van der Waals surface area contributed by atoms with Crippen molar-refractivity contribution in [3.8, 4) is 0 Å². The van der Waals surface area contributed by atoms with Gasteiger partial charge in [-0.2, -0.15) is 0 Å². The van der Waals surface area contributed by atoms with Gasteiger partial charge in [-0.1, -0.05) is 34.1 Å². The van der Waals surface area contributed by atoms with Crippen LogP contribution in [0.15, 0.2) is 71.2 Å². The van der Waals surface area contributed by atoms with Crippen molar-refractivity contribution in [3.63, 3.8) is 0 Å². The standard InChI is InChI=1S/C18H11BrN/c19-13-10-11-18-16(12-13)15-8-4-5-9-17(15)20(18)14-6-2-1-3-7-14/h2-12H/q+1. The predicted molar refractivity (Wildman–Crippen MR) is 88.4 cm³/mol. The van der Waals surface area contributed by atoms with Crippen LogP contribution in [0.25, 0.3) is 27.5 Å². The van der Waals surface area contributed by atoms with E-state index < -0.39 is 0 Å². The van der Waals surface area contributed by atoms with Crippen molar-refractivity contribution in [2.24, 2.45) is 0 Å². The number of halogens is 1. The van der Waals surface area contributed by atoms with E-state index in [9.17, 15) is 0 Å². The second kappa shape index (κ2) is 4.45. The van der Waals surface area contributed by atoms with E-state index in [0.29, 0.717) is 0 Å². The fourth-order valence-electron chi connectivity index (χ4n) is 2.75. The molecule has 3 aromatic rings. The Hall–Kier alpha value is -2.15. The highest BCUT2D eigenvalue weighted by atomic mass is 79.9. The van der Waals surface area contributed by atoms with E-state index in [1.165, 1.54) is 21.8 Å². The maximum Gasteiger partial charge on any atom is 0.160 e. The van der Waals surface area contributed by atoms with Gasteiger partial charge in [-0.05, 0) is 24.3 Å². The van der Waals surface area contributed by atoms with Crippen LogP contribution in [0.3, 0.4) is 0 Å². The Morgan fingerprint density at radius 1 is 0.950 bits per heavy atom. The third kappa shape index (κ3) is 1.66. The molecule has 1 aliphatic rings. The summed E-state index contributed by atoms with van der Waals surface area (Å²) in [6.45, 7) is 0. The minimum Gasteiger partial charge on any atom is -0.287 e. The molecule has 1 nitrogen and oxygen atoms in total. The van der Waals surface area contributed by atoms with Crippen LogP contribution >= 0.6 is 15.9 Å². The number of rotatable bonds is 1. The molecule has 0 fully saturated rings. The molecule has 0 aliphatic heterocycles. The first-order valence-electron chi connectivity index (χ1n) is 6.50. The molecule has 0 unspecified atom stereocenters. The molecule has 4 rings (SSSR count). The van der Waals surface area contributed by atoms with Crippen molar-refractivity contribution in [1.82, 2.24) is 4.57 Å². The topological polar surface area (TPSA) is 4.93 Å². The highest BCUT2D eigenvalue weighted by Crippen LogP contribution is 2.33. The second-order valence-corrected chi connectivity index (χ2v) is 5.69. The average Bonchev–Trinajstić information content (AvgIpc) is 2.82. The lowest BCUT2D eigenvalue weighted by Crippen LogP contribution is -1.95. The fourth-order valence-corrected chi connectivity index (χ4v) is 3.11. The highest BCUT2D eigenvalue weighted by molar-refractivity contribution is 9.10. The maximum atomic E-state index is 3.57. The Morgan fingerprint density at radius 3 is 2.65 bits per heavy atom.